The van der Waals surface area contributed by atoms with Gasteiger partial charge in [0.05, 0.1) is 31.3 Å². The molecule has 0 fully saturated rings. The van der Waals surface area contributed by atoms with E-state index in [2.05, 4.69) is 12.0 Å². The zero-order valence-corrected chi connectivity index (χ0v) is 12.2. The van der Waals surface area contributed by atoms with Crippen LogP contribution in [-0.2, 0) is 6.54 Å². The van der Waals surface area contributed by atoms with Gasteiger partial charge in [-0.3, -0.25) is 4.68 Å². The van der Waals surface area contributed by atoms with Crippen LogP contribution in [0.15, 0.2) is 17.6 Å². The maximum atomic E-state index is 6.38. The Hall–Kier alpha value is -1.53. The first-order valence-corrected chi connectivity index (χ1v) is 7.07. The first-order valence-electron chi connectivity index (χ1n) is 6.19. The fourth-order valence-electron chi connectivity index (χ4n) is 2.07. The van der Waals surface area contributed by atoms with Gasteiger partial charge in [0, 0.05) is 6.54 Å². The smallest absolute Gasteiger partial charge is 0.161 e. The maximum Gasteiger partial charge on any atom is 0.161 e. The average molecular weight is 281 g/mol. The highest BCUT2D eigenvalue weighted by molar-refractivity contribution is 7.10. The van der Waals surface area contributed by atoms with Gasteiger partial charge in [-0.25, -0.2) is 0 Å². The van der Waals surface area contributed by atoms with Gasteiger partial charge in [0.2, 0.25) is 0 Å². The second-order valence-electron chi connectivity index (χ2n) is 4.15. The van der Waals surface area contributed by atoms with Crippen molar-refractivity contribution in [2.75, 3.05) is 14.2 Å². The number of hydrogen-bond acceptors (Lipinski definition) is 5. The third-order valence-electron chi connectivity index (χ3n) is 2.95. The first kappa shape index (κ1) is 13.9. The number of hydrogen-bond donors (Lipinski definition) is 1. The van der Waals surface area contributed by atoms with E-state index in [-0.39, 0.29) is 6.04 Å². The van der Waals surface area contributed by atoms with Crippen molar-refractivity contribution in [3.05, 3.63) is 28.2 Å². The third kappa shape index (κ3) is 2.59. The summed E-state index contributed by atoms with van der Waals surface area (Å²) in [5.74, 6) is 1.53. The van der Waals surface area contributed by atoms with Gasteiger partial charge < -0.3 is 15.2 Å². The van der Waals surface area contributed by atoms with Crippen LogP contribution in [0.4, 0.5) is 0 Å². The van der Waals surface area contributed by atoms with Crippen LogP contribution in [0.1, 0.15) is 30.0 Å². The molecule has 0 aromatic carbocycles. The molecule has 2 rings (SSSR count). The SMILES string of the molecule is CCCn1ncc(OC)c1C(N)c1sccc1OC. The molecule has 2 heterocycles. The lowest BCUT2D eigenvalue weighted by Crippen LogP contribution is -2.18. The molecule has 1 atom stereocenters. The standard InChI is InChI=1S/C13H19N3O2S/c1-4-6-16-12(10(18-3)8-15-16)11(14)13-9(17-2)5-7-19-13/h5,7-8,11H,4,6,14H2,1-3H3. The van der Waals surface area contributed by atoms with Crippen LogP contribution in [-0.4, -0.2) is 24.0 Å². The summed E-state index contributed by atoms with van der Waals surface area (Å²) in [6.07, 6.45) is 2.71. The summed E-state index contributed by atoms with van der Waals surface area (Å²) in [6, 6.07) is 1.63. The molecule has 1 unspecified atom stereocenters. The average Bonchev–Trinajstić information content (AvgIpc) is 3.04. The zero-order chi connectivity index (χ0) is 13.8. The lowest BCUT2D eigenvalue weighted by Gasteiger charge is -2.15. The first-order chi connectivity index (χ1) is 9.22. The largest absolute Gasteiger partial charge is 0.496 e. The van der Waals surface area contributed by atoms with E-state index in [4.69, 9.17) is 15.2 Å². The number of ether oxygens (including phenoxy) is 2. The van der Waals surface area contributed by atoms with E-state index in [0.29, 0.717) is 0 Å². The molecule has 0 bridgehead atoms. The Bertz CT molecular complexity index is 536. The van der Waals surface area contributed by atoms with E-state index in [1.54, 1.807) is 31.8 Å². The van der Waals surface area contributed by atoms with Crippen LogP contribution in [0.3, 0.4) is 0 Å². The van der Waals surface area contributed by atoms with Gasteiger partial charge in [-0.2, -0.15) is 5.10 Å². The molecule has 104 valence electrons. The Labute approximate surface area is 116 Å². The molecule has 0 saturated carbocycles. The van der Waals surface area contributed by atoms with E-state index in [9.17, 15) is 0 Å². The highest BCUT2D eigenvalue weighted by Gasteiger charge is 2.23. The fraction of sp³-hybridized carbons (Fsp3) is 0.462. The number of methoxy groups -OCH3 is 2. The Kier molecular flexibility index (Phi) is 4.44. The van der Waals surface area contributed by atoms with Crippen LogP contribution in [0, 0.1) is 0 Å². The quantitative estimate of drug-likeness (QED) is 0.883. The number of thiophene rings is 1. The lowest BCUT2D eigenvalue weighted by atomic mass is 10.1. The van der Waals surface area contributed by atoms with E-state index in [0.717, 1.165) is 35.0 Å². The van der Waals surface area contributed by atoms with Gasteiger partial charge in [0.15, 0.2) is 5.75 Å². The summed E-state index contributed by atoms with van der Waals surface area (Å²) in [5, 5.41) is 6.31. The van der Waals surface area contributed by atoms with Crippen molar-refractivity contribution in [3.63, 3.8) is 0 Å². The van der Waals surface area contributed by atoms with E-state index >= 15 is 0 Å². The van der Waals surface area contributed by atoms with Crippen molar-refractivity contribution in [3.8, 4) is 11.5 Å². The van der Waals surface area contributed by atoms with Gasteiger partial charge in [0.25, 0.3) is 0 Å². The van der Waals surface area contributed by atoms with Gasteiger partial charge in [-0.1, -0.05) is 6.92 Å². The summed E-state index contributed by atoms with van der Waals surface area (Å²) in [6.45, 7) is 2.93. The van der Waals surface area contributed by atoms with Gasteiger partial charge in [-0.15, -0.1) is 11.3 Å². The van der Waals surface area contributed by atoms with Gasteiger partial charge in [-0.05, 0) is 17.9 Å². The molecule has 2 N–H and O–H groups in total. The summed E-state index contributed by atoms with van der Waals surface area (Å²) >= 11 is 1.58. The Balaban J connectivity index is 2.42. The summed E-state index contributed by atoms with van der Waals surface area (Å²) in [4.78, 5) is 0.985. The van der Waals surface area contributed by atoms with Crippen LogP contribution in [0.2, 0.25) is 0 Å². The number of nitrogens with zero attached hydrogens (tertiary/aromatic N) is 2. The molecule has 6 heteroatoms. The zero-order valence-electron chi connectivity index (χ0n) is 11.4. The highest BCUT2D eigenvalue weighted by Crippen LogP contribution is 2.36. The van der Waals surface area contributed by atoms with Crippen LogP contribution >= 0.6 is 11.3 Å². The summed E-state index contributed by atoms with van der Waals surface area (Å²) in [5.41, 5.74) is 7.27. The molecular weight excluding hydrogens is 262 g/mol. The van der Waals surface area contributed by atoms with Gasteiger partial charge in [0.1, 0.15) is 11.4 Å². The molecule has 0 aliphatic rings. The van der Waals surface area contributed by atoms with Crippen LogP contribution < -0.4 is 15.2 Å². The van der Waals surface area contributed by atoms with Crippen molar-refractivity contribution in [1.82, 2.24) is 9.78 Å². The molecule has 0 saturated heterocycles. The molecular formula is C13H19N3O2S. The number of nitrogens with two attached hydrogens (primary N) is 1. The molecule has 2 aromatic heterocycles. The Morgan fingerprint density at radius 3 is 2.74 bits per heavy atom. The van der Waals surface area contributed by atoms with E-state index < -0.39 is 0 Å². The Morgan fingerprint density at radius 2 is 2.11 bits per heavy atom. The second-order valence-corrected chi connectivity index (χ2v) is 5.10. The fourth-order valence-corrected chi connectivity index (χ4v) is 2.93. The topological polar surface area (TPSA) is 62.3 Å². The molecule has 19 heavy (non-hydrogen) atoms. The monoisotopic (exact) mass is 281 g/mol. The molecule has 0 amide bonds. The third-order valence-corrected chi connectivity index (χ3v) is 3.94. The molecule has 0 aliphatic heterocycles. The van der Waals surface area contributed by atoms with E-state index in [1.807, 2.05) is 16.1 Å². The lowest BCUT2D eigenvalue weighted by molar-refractivity contribution is 0.398. The predicted molar refractivity (Wildman–Crippen MR) is 76.0 cm³/mol. The minimum Gasteiger partial charge on any atom is -0.496 e. The van der Waals surface area contributed by atoms with Crippen molar-refractivity contribution in [2.24, 2.45) is 5.73 Å². The van der Waals surface area contributed by atoms with Crippen molar-refractivity contribution in [2.45, 2.75) is 25.9 Å². The summed E-state index contributed by atoms with van der Waals surface area (Å²) < 4.78 is 12.6. The predicted octanol–water partition coefficient (Wildman–Crippen LogP) is 2.42. The minimum absolute atomic E-state index is 0.293. The molecule has 0 aliphatic carbocycles. The molecule has 0 radical (unpaired) electrons. The van der Waals surface area contributed by atoms with Crippen LogP contribution in [0.25, 0.3) is 0 Å². The maximum absolute atomic E-state index is 6.38. The van der Waals surface area contributed by atoms with Crippen molar-refractivity contribution < 1.29 is 9.47 Å². The number of aromatic nitrogens is 2. The van der Waals surface area contributed by atoms with Crippen molar-refractivity contribution in [1.29, 1.82) is 0 Å². The Morgan fingerprint density at radius 1 is 1.37 bits per heavy atom. The van der Waals surface area contributed by atoms with Crippen LogP contribution in [0.5, 0.6) is 11.5 Å². The molecule has 5 nitrogen and oxygen atoms in total. The van der Waals surface area contributed by atoms with E-state index in [1.165, 1.54) is 0 Å². The molecule has 0 spiro atoms. The minimum atomic E-state index is -0.293. The number of aryl methyl sites for hydroxylation is 1. The highest BCUT2D eigenvalue weighted by atomic mass is 32.1. The molecule has 2 aromatic rings. The number of rotatable bonds is 6. The summed E-state index contributed by atoms with van der Waals surface area (Å²) in [7, 11) is 3.29. The van der Waals surface area contributed by atoms with Crippen molar-refractivity contribution >= 4 is 11.3 Å². The van der Waals surface area contributed by atoms with Gasteiger partial charge >= 0.3 is 0 Å². The second kappa shape index (κ2) is 6.08. The normalized spacial score (nSPS) is 12.4.